The van der Waals surface area contributed by atoms with Crippen LogP contribution >= 0.6 is 0 Å². The van der Waals surface area contributed by atoms with Gasteiger partial charge >= 0.3 is 0 Å². The summed E-state index contributed by atoms with van der Waals surface area (Å²) in [7, 11) is 0. The fourth-order valence-electron chi connectivity index (χ4n) is 2.99. The summed E-state index contributed by atoms with van der Waals surface area (Å²) in [6.07, 6.45) is 21.1. The van der Waals surface area contributed by atoms with E-state index in [1.54, 1.807) is 0 Å². The minimum Gasteiger partial charge on any atom is -0.327 e. The van der Waals surface area contributed by atoms with Crippen LogP contribution in [0.1, 0.15) is 131 Å². The first-order valence-corrected chi connectivity index (χ1v) is 10.9. The Balaban J connectivity index is 0. The molecule has 142 valence electrons. The topological polar surface area (TPSA) is 26.0 Å². The molecular weight excluding hydrogens is 278 g/mol. The van der Waals surface area contributed by atoms with E-state index in [0.717, 1.165) is 6.42 Å². The molecular formula is C22H49N. The maximum Gasteiger partial charge on any atom is 0.00618 e. The normalized spacial score (nSPS) is 13.3. The standard InChI is InChI=1S/C14H30.C8H19N/c1-3-5-7-9-11-13-14-12-10-8-6-4-2;1-4-6-7(3)8(9)5-2/h3-14H2,1-2H3;7-8H,4-6,9H2,1-3H3. The van der Waals surface area contributed by atoms with Crippen molar-refractivity contribution in [2.45, 2.75) is 137 Å². The molecule has 0 fully saturated rings. The van der Waals surface area contributed by atoms with Gasteiger partial charge in [0.05, 0.1) is 0 Å². The van der Waals surface area contributed by atoms with Crippen LogP contribution in [0.15, 0.2) is 0 Å². The van der Waals surface area contributed by atoms with Gasteiger partial charge in [-0.3, -0.25) is 0 Å². The molecule has 1 nitrogen and oxygen atoms in total. The van der Waals surface area contributed by atoms with Gasteiger partial charge in [-0.15, -0.1) is 0 Å². The molecule has 0 aliphatic carbocycles. The summed E-state index contributed by atoms with van der Waals surface area (Å²) in [5.74, 6) is 0.708. The molecule has 0 bridgehead atoms. The first kappa shape index (κ1) is 25.2. The Morgan fingerprint density at radius 2 is 0.913 bits per heavy atom. The van der Waals surface area contributed by atoms with E-state index in [4.69, 9.17) is 5.73 Å². The molecule has 0 saturated heterocycles. The minimum atomic E-state index is 0.421. The highest BCUT2D eigenvalue weighted by atomic mass is 14.6. The van der Waals surface area contributed by atoms with Gasteiger partial charge in [-0.05, 0) is 18.8 Å². The summed E-state index contributed by atoms with van der Waals surface area (Å²) in [5, 5.41) is 0. The zero-order valence-corrected chi connectivity index (χ0v) is 17.3. The number of unbranched alkanes of at least 4 members (excludes halogenated alkanes) is 11. The smallest absolute Gasteiger partial charge is 0.00618 e. The van der Waals surface area contributed by atoms with Crippen molar-refractivity contribution in [1.29, 1.82) is 0 Å². The highest BCUT2D eigenvalue weighted by molar-refractivity contribution is 4.65. The van der Waals surface area contributed by atoms with Crippen molar-refractivity contribution >= 4 is 0 Å². The lowest BCUT2D eigenvalue weighted by atomic mass is 9.96. The number of hydrogen-bond donors (Lipinski definition) is 1. The lowest BCUT2D eigenvalue weighted by molar-refractivity contribution is 0.413. The molecule has 0 saturated carbocycles. The highest BCUT2D eigenvalue weighted by Gasteiger charge is 2.07. The molecule has 2 unspecified atom stereocenters. The predicted octanol–water partition coefficient (Wildman–Crippen LogP) is 7.87. The van der Waals surface area contributed by atoms with Crippen LogP contribution < -0.4 is 5.73 Å². The summed E-state index contributed by atoms with van der Waals surface area (Å²) in [4.78, 5) is 0. The van der Waals surface area contributed by atoms with Crippen LogP contribution in [-0.4, -0.2) is 6.04 Å². The molecule has 0 aromatic heterocycles. The molecule has 2 atom stereocenters. The Morgan fingerprint density at radius 1 is 0.565 bits per heavy atom. The van der Waals surface area contributed by atoms with E-state index in [2.05, 4.69) is 34.6 Å². The number of rotatable bonds is 15. The van der Waals surface area contributed by atoms with Crippen LogP contribution in [0.5, 0.6) is 0 Å². The van der Waals surface area contributed by atoms with E-state index >= 15 is 0 Å². The van der Waals surface area contributed by atoms with Crippen LogP contribution in [0.25, 0.3) is 0 Å². The monoisotopic (exact) mass is 327 g/mol. The Labute approximate surface area is 149 Å². The molecule has 0 amide bonds. The summed E-state index contributed by atoms with van der Waals surface area (Å²) in [6.45, 7) is 11.2. The third-order valence-electron chi connectivity index (χ3n) is 4.90. The Hall–Kier alpha value is -0.0400. The van der Waals surface area contributed by atoms with E-state index in [-0.39, 0.29) is 0 Å². The minimum absolute atomic E-state index is 0.421. The van der Waals surface area contributed by atoms with Crippen molar-refractivity contribution in [3.8, 4) is 0 Å². The van der Waals surface area contributed by atoms with Crippen molar-refractivity contribution in [1.82, 2.24) is 0 Å². The maximum atomic E-state index is 5.80. The van der Waals surface area contributed by atoms with Crippen molar-refractivity contribution in [2.24, 2.45) is 11.7 Å². The average molecular weight is 328 g/mol. The maximum absolute atomic E-state index is 5.80. The van der Waals surface area contributed by atoms with Gasteiger partial charge in [-0.25, -0.2) is 0 Å². The van der Waals surface area contributed by atoms with E-state index < -0.39 is 0 Å². The second-order valence-electron chi connectivity index (χ2n) is 7.37. The van der Waals surface area contributed by atoms with Crippen LogP contribution in [0.2, 0.25) is 0 Å². The van der Waals surface area contributed by atoms with Crippen molar-refractivity contribution in [2.75, 3.05) is 0 Å². The van der Waals surface area contributed by atoms with Gasteiger partial charge in [0.25, 0.3) is 0 Å². The van der Waals surface area contributed by atoms with Gasteiger partial charge in [0.1, 0.15) is 0 Å². The van der Waals surface area contributed by atoms with Gasteiger partial charge in [0.2, 0.25) is 0 Å². The number of nitrogens with two attached hydrogens (primary N) is 1. The van der Waals surface area contributed by atoms with Crippen LogP contribution in [0.4, 0.5) is 0 Å². The largest absolute Gasteiger partial charge is 0.327 e. The molecule has 23 heavy (non-hydrogen) atoms. The molecule has 0 radical (unpaired) electrons. The highest BCUT2D eigenvalue weighted by Crippen LogP contribution is 2.11. The van der Waals surface area contributed by atoms with E-state index in [9.17, 15) is 0 Å². The van der Waals surface area contributed by atoms with Crippen LogP contribution in [-0.2, 0) is 0 Å². The third kappa shape index (κ3) is 22.0. The Kier molecular flexibility index (Phi) is 24.1. The van der Waals surface area contributed by atoms with Gasteiger partial charge in [0, 0.05) is 6.04 Å². The molecule has 0 rings (SSSR count). The Bertz CT molecular complexity index is 178. The zero-order valence-electron chi connectivity index (χ0n) is 17.3. The van der Waals surface area contributed by atoms with E-state index in [1.165, 1.54) is 89.9 Å². The molecule has 0 heterocycles. The Morgan fingerprint density at radius 3 is 1.17 bits per heavy atom. The molecule has 0 aliphatic heterocycles. The van der Waals surface area contributed by atoms with Crippen molar-refractivity contribution < 1.29 is 0 Å². The predicted molar refractivity (Wildman–Crippen MR) is 109 cm³/mol. The summed E-state index contributed by atoms with van der Waals surface area (Å²) in [5.41, 5.74) is 5.80. The molecule has 0 aliphatic rings. The molecule has 1 heteroatoms. The van der Waals surface area contributed by atoms with Gasteiger partial charge in [-0.2, -0.15) is 0 Å². The van der Waals surface area contributed by atoms with Crippen molar-refractivity contribution in [3.05, 3.63) is 0 Å². The second-order valence-corrected chi connectivity index (χ2v) is 7.37. The average Bonchev–Trinajstić information content (AvgIpc) is 2.56. The summed E-state index contributed by atoms with van der Waals surface area (Å²) >= 11 is 0. The number of hydrogen-bond acceptors (Lipinski definition) is 1. The quantitative estimate of drug-likeness (QED) is 0.304. The summed E-state index contributed by atoms with van der Waals surface area (Å²) < 4.78 is 0. The van der Waals surface area contributed by atoms with Crippen LogP contribution in [0.3, 0.4) is 0 Å². The molecule has 2 N–H and O–H groups in total. The first-order valence-electron chi connectivity index (χ1n) is 10.9. The zero-order chi connectivity index (χ0) is 17.8. The van der Waals surface area contributed by atoms with E-state index in [0.29, 0.717) is 12.0 Å². The third-order valence-corrected chi connectivity index (χ3v) is 4.90. The van der Waals surface area contributed by atoms with E-state index in [1.807, 2.05) is 0 Å². The molecule has 0 spiro atoms. The van der Waals surface area contributed by atoms with Crippen LogP contribution in [0, 0.1) is 5.92 Å². The lowest BCUT2D eigenvalue weighted by Gasteiger charge is -2.16. The lowest BCUT2D eigenvalue weighted by Crippen LogP contribution is -2.26. The SMILES string of the molecule is CCCC(C)C(N)CC.CCCCCCCCCCCCCC. The first-order chi connectivity index (χ1) is 11.1. The molecule has 0 aromatic carbocycles. The fraction of sp³-hybridized carbons (Fsp3) is 1.00. The summed E-state index contributed by atoms with van der Waals surface area (Å²) in [6, 6.07) is 0.421. The van der Waals surface area contributed by atoms with Crippen molar-refractivity contribution in [3.63, 3.8) is 0 Å². The molecule has 0 aromatic rings. The fourth-order valence-corrected chi connectivity index (χ4v) is 2.99. The second kappa shape index (κ2) is 22.0. The van der Waals surface area contributed by atoms with Gasteiger partial charge < -0.3 is 5.73 Å². The van der Waals surface area contributed by atoms with Gasteiger partial charge in [-0.1, -0.05) is 118 Å². The van der Waals surface area contributed by atoms with Gasteiger partial charge in [0.15, 0.2) is 0 Å².